The molecule has 0 radical (unpaired) electrons. The molecule has 1 atom stereocenters. The van der Waals surface area contributed by atoms with Crippen molar-refractivity contribution in [2.45, 2.75) is 51.2 Å². The van der Waals surface area contributed by atoms with Crippen LogP contribution >= 0.6 is 0 Å². The summed E-state index contributed by atoms with van der Waals surface area (Å²) in [5, 5.41) is 9.95. The summed E-state index contributed by atoms with van der Waals surface area (Å²) in [5.41, 5.74) is -0.218. The van der Waals surface area contributed by atoms with Gasteiger partial charge in [0.05, 0.1) is 11.7 Å². The quantitative estimate of drug-likeness (QED) is 0.763. The van der Waals surface area contributed by atoms with Crippen LogP contribution in [0.4, 0.5) is 0 Å². The zero-order valence-corrected chi connectivity index (χ0v) is 10.2. The third-order valence-electron chi connectivity index (χ3n) is 3.23. The Hall–Kier alpha value is -0.120. The number of rotatable bonds is 5. The van der Waals surface area contributed by atoms with Gasteiger partial charge in [-0.3, -0.25) is 0 Å². The molecule has 0 aliphatic carbocycles. The second-order valence-corrected chi connectivity index (χ2v) is 5.11. The summed E-state index contributed by atoms with van der Waals surface area (Å²) in [4.78, 5) is 0. The molecule has 1 rings (SSSR count). The van der Waals surface area contributed by atoms with Crippen LogP contribution in [0.3, 0.4) is 0 Å². The van der Waals surface area contributed by atoms with E-state index in [9.17, 15) is 5.11 Å². The van der Waals surface area contributed by atoms with Gasteiger partial charge in [0.1, 0.15) is 0 Å². The minimum atomic E-state index is -0.247. The van der Waals surface area contributed by atoms with E-state index < -0.39 is 0 Å². The highest BCUT2D eigenvalue weighted by Crippen LogP contribution is 2.24. The van der Waals surface area contributed by atoms with E-state index >= 15 is 0 Å². The molecule has 15 heavy (non-hydrogen) atoms. The molecule has 1 fully saturated rings. The summed E-state index contributed by atoms with van der Waals surface area (Å²) >= 11 is 0. The Morgan fingerprint density at radius 2 is 2.00 bits per heavy atom. The van der Waals surface area contributed by atoms with Gasteiger partial charge in [-0.05, 0) is 39.0 Å². The van der Waals surface area contributed by atoms with Crippen LogP contribution in [0, 0.1) is 5.92 Å². The lowest BCUT2D eigenvalue weighted by Gasteiger charge is -2.29. The Labute approximate surface area is 92.8 Å². The fraction of sp³-hybridized carbons (Fsp3) is 1.00. The SMILES string of the molecule is COC(C)(C)CC(O)CC1CCOCC1. The number of aliphatic hydroxyl groups excluding tert-OH is 1. The average Bonchev–Trinajstić information content (AvgIpc) is 2.18. The molecular formula is C12H24O3. The third-order valence-corrected chi connectivity index (χ3v) is 3.23. The number of ether oxygens (including phenoxy) is 2. The van der Waals surface area contributed by atoms with Gasteiger partial charge in [-0.15, -0.1) is 0 Å². The van der Waals surface area contributed by atoms with Gasteiger partial charge < -0.3 is 14.6 Å². The number of hydrogen-bond donors (Lipinski definition) is 1. The minimum Gasteiger partial charge on any atom is -0.393 e. The Balaban J connectivity index is 2.25. The zero-order chi connectivity index (χ0) is 11.3. The molecule has 0 spiro atoms. The highest BCUT2D eigenvalue weighted by molar-refractivity contribution is 4.76. The number of methoxy groups -OCH3 is 1. The Morgan fingerprint density at radius 1 is 1.40 bits per heavy atom. The first-order chi connectivity index (χ1) is 7.03. The van der Waals surface area contributed by atoms with E-state index in [1.165, 1.54) is 0 Å². The maximum Gasteiger partial charge on any atom is 0.0647 e. The van der Waals surface area contributed by atoms with Gasteiger partial charge in [0, 0.05) is 26.7 Å². The van der Waals surface area contributed by atoms with Gasteiger partial charge in [0.25, 0.3) is 0 Å². The highest BCUT2D eigenvalue weighted by atomic mass is 16.5. The first-order valence-electron chi connectivity index (χ1n) is 5.84. The lowest BCUT2D eigenvalue weighted by molar-refractivity contribution is -0.0302. The normalized spacial score (nSPS) is 21.6. The van der Waals surface area contributed by atoms with Crippen LogP contribution in [0.2, 0.25) is 0 Å². The van der Waals surface area contributed by atoms with E-state index in [1.54, 1.807) is 7.11 Å². The van der Waals surface area contributed by atoms with Gasteiger partial charge in [-0.25, -0.2) is 0 Å². The van der Waals surface area contributed by atoms with Crippen molar-refractivity contribution >= 4 is 0 Å². The Bertz CT molecular complexity index is 174. The first kappa shape index (κ1) is 12.9. The first-order valence-corrected chi connectivity index (χ1v) is 5.84. The van der Waals surface area contributed by atoms with Crippen LogP contribution in [0.25, 0.3) is 0 Å². The van der Waals surface area contributed by atoms with Crippen molar-refractivity contribution in [3.8, 4) is 0 Å². The van der Waals surface area contributed by atoms with Gasteiger partial charge in [0.2, 0.25) is 0 Å². The summed E-state index contributed by atoms with van der Waals surface area (Å²) in [6.45, 7) is 5.73. The lowest BCUT2D eigenvalue weighted by Crippen LogP contribution is -2.30. The predicted octanol–water partition coefficient (Wildman–Crippen LogP) is 1.98. The molecule has 1 heterocycles. The molecule has 1 aliphatic heterocycles. The molecule has 0 amide bonds. The second-order valence-electron chi connectivity index (χ2n) is 5.11. The summed E-state index contributed by atoms with van der Waals surface area (Å²) in [6, 6.07) is 0. The molecule has 90 valence electrons. The van der Waals surface area contributed by atoms with Crippen LogP contribution in [-0.4, -0.2) is 37.1 Å². The van der Waals surface area contributed by atoms with Crippen molar-refractivity contribution in [1.82, 2.24) is 0 Å². The van der Waals surface area contributed by atoms with Crippen molar-refractivity contribution in [1.29, 1.82) is 0 Å². The number of aliphatic hydroxyl groups is 1. The van der Waals surface area contributed by atoms with Gasteiger partial charge in [-0.1, -0.05) is 0 Å². The largest absolute Gasteiger partial charge is 0.393 e. The van der Waals surface area contributed by atoms with E-state index in [0.29, 0.717) is 12.3 Å². The fourth-order valence-electron chi connectivity index (χ4n) is 2.10. The van der Waals surface area contributed by atoms with Gasteiger partial charge in [0.15, 0.2) is 0 Å². The predicted molar refractivity (Wildman–Crippen MR) is 59.9 cm³/mol. The molecule has 1 N–H and O–H groups in total. The standard InChI is InChI=1S/C12H24O3/c1-12(2,14-3)9-11(13)8-10-4-6-15-7-5-10/h10-11,13H,4-9H2,1-3H3. The molecule has 1 unspecified atom stereocenters. The molecule has 3 nitrogen and oxygen atoms in total. The summed E-state index contributed by atoms with van der Waals surface area (Å²) in [5.74, 6) is 0.626. The molecule has 1 aliphatic rings. The fourth-order valence-corrected chi connectivity index (χ4v) is 2.10. The minimum absolute atomic E-state index is 0.218. The summed E-state index contributed by atoms with van der Waals surface area (Å²) in [6.07, 6.45) is 3.52. The van der Waals surface area contributed by atoms with Crippen molar-refractivity contribution in [2.75, 3.05) is 20.3 Å². The molecule has 0 aromatic rings. The lowest BCUT2D eigenvalue weighted by atomic mass is 9.89. The van der Waals surface area contributed by atoms with Gasteiger partial charge in [-0.2, -0.15) is 0 Å². The van der Waals surface area contributed by atoms with E-state index in [-0.39, 0.29) is 11.7 Å². The molecule has 0 aromatic carbocycles. The highest BCUT2D eigenvalue weighted by Gasteiger charge is 2.24. The van der Waals surface area contributed by atoms with Crippen molar-refractivity contribution in [3.05, 3.63) is 0 Å². The average molecular weight is 216 g/mol. The van der Waals surface area contributed by atoms with Crippen LogP contribution < -0.4 is 0 Å². The van der Waals surface area contributed by atoms with E-state index in [2.05, 4.69) is 0 Å². The molecule has 0 bridgehead atoms. The van der Waals surface area contributed by atoms with E-state index in [1.807, 2.05) is 13.8 Å². The monoisotopic (exact) mass is 216 g/mol. The Morgan fingerprint density at radius 3 is 2.53 bits per heavy atom. The molecule has 1 saturated heterocycles. The second kappa shape index (κ2) is 5.83. The van der Waals surface area contributed by atoms with Crippen LogP contribution in [0.1, 0.15) is 39.5 Å². The van der Waals surface area contributed by atoms with Gasteiger partial charge >= 0.3 is 0 Å². The molecular weight excluding hydrogens is 192 g/mol. The maximum absolute atomic E-state index is 9.95. The summed E-state index contributed by atoms with van der Waals surface area (Å²) < 4.78 is 10.6. The van der Waals surface area contributed by atoms with E-state index in [0.717, 1.165) is 32.5 Å². The smallest absolute Gasteiger partial charge is 0.0647 e. The van der Waals surface area contributed by atoms with Crippen LogP contribution in [0.5, 0.6) is 0 Å². The third kappa shape index (κ3) is 4.96. The zero-order valence-electron chi connectivity index (χ0n) is 10.2. The topological polar surface area (TPSA) is 38.7 Å². The van der Waals surface area contributed by atoms with E-state index in [4.69, 9.17) is 9.47 Å². The summed E-state index contributed by atoms with van der Waals surface area (Å²) in [7, 11) is 1.70. The maximum atomic E-state index is 9.95. The van der Waals surface area contributed by atoms with Crippen molar-refractivity contribution < 1.29 is 14.6 Å². The van der Waals surface area contributed by atoms with Crippen LogP contribution in [0.15, 0.2) is 0 Å². The molecule has 0 saturated carbocycles. The molecule has 0 aromatic heterocycles. The molecule has 3 heteroatoms. The Kier molecular flexibility index (Phi) is 5.03. The van der Waals surface area contributed by atoms with Crippen LogP contribution in [-0.2, 0) is 9.47 Å². The number of hydrogen-bond acceptors (Lipinski definition) is 3. The van der Waals surface area contributed by atoms with Crippen molar-refractivity contribution in [3.63, 3.8) is 0 Å². The van der Waals surface area contributed by atoms with Crippen molar-refractivity contribution in [2.24, 2.45) is 5.92 Å².